The molecule has 4 atom stereocenters. The molecule has 0 N–H and O–H groups in total. The van der Waals surface area contributed by atoms with E-state index in [0.29, 0.717) is 6.42 Å². The van der Waals surface area contributed by atoms with E-state index in [0.717, 1.165) is 56.7 Å². The topological polar surface area (TPSA) is 88.1 Å². The molecule has 0 bridgehead atoms. The Kier molecular flexibility index (Phi) is 18.0. The number of methoxy groups -OCH3 is 1. The molecule has 0 fully saturated rings. The standard InChI is InChI=1S/C22H39ClO7S/c1-16(13-20(24)30-19(14-27-4)15-28-22(26)31-5)11-9-7-6-8-10-12-17(2)21(25)29-18(3)23/h16-19H,6-15H2,1-5H3. The van der Waals surface area contributed by atoms with E-state index in [9.17, 15) is 14.4 Å². The van der Waals surface area contributed by atoms with Gasteiger partial charge in [0.25, 0.3) is 0 Å². The van der Waals surface area contributed by atoms with Gasteiger partial charge in [-0.2, -0.15) is 0 Å². The third-order valence-electron chi connectivity index (χ3n) is 4.73. The molecule has 0 aliphatic rings. The molecule has 0 spiro atoms. The first-order chi connectivity index (χ1) is 14.7. The Morgan fingerprint density at radius 1 is 0.903 bits per heavy atom. The molecule has 0 radical (unpaired) electrons. The number of alkyl halides is 1. The van der Waals surface area contributed by atoms with Gasteiger partial charge in [0.2, 0.25) is 0 Å². The highest BCUT2D eigenvalue weighted by atomic mass is 35.5. The van der Waals surface area contributed by atoms with Gasteiger partial charge in [-0.1, -0.05) is 64.0 Å². The molecule has 4 unspecified atom stereocenters. The van der Waals surface area contributed by atoms with Crippen LogP contribution in [0.25, 0.3) is 0 Å². The molecule has 9 heteroatoms. The monoisotopic (exact) mass is 482 g/mol. The second-order valence-corrected chi connectivity index (χ2v) is 9.22. The quantitative estimate of drug-likeness (QED) is 0.115. The fraction of sp³-hybridized carbons (Fsp3) is 0.864. The van der Waals surface area contributed by atoms with Crippen LogP contribution in [-0.4, -0.2) is 55.5 Å². The summed E-state index contributed by atoms with van der Waals surface area (Å²) in [4.78, 5) is 35.1. The number of hydrogen-bond donors (Lipinski definition) is 0. The van der Waals surface area contributed by atoms with Gasteiger partial charge in [0, 0.05) is 13.5 Å². The first-order valence-corrected chi connectivity index (χ1v) is 12.6. The predicted molar refractivity (Wildman–Crippen MR) is 123 cm³/mol. The zero-order chi connectivity index (χ0) is 23.6. The van der Waals surface area contributed by atoms with Crippen LogP contribution in [0.5, 0.6) is 0 Å². The Morgan fingerprint density at radius 2 is 1.52 bits per heavy atom. The van der Waals surface area contributed by atoms with Crippen molar-refractivity contribution < 1.29 is 33.3 Å². The van der Waals surface area contributed by atoms with Gasteiger partial charge in [-0.25, -0.2) is 4.79 Å². The molecule has 0 aromatic heterocycles. The number of esters is 2. The molecular weight excluding hydrogens is 444 g/mol. The SMILES string of the molecule is COCC(COC(=O)SC)OC(=O)CC(C)CCCCCCCC(C)C(=O)OC(C)Cl. The fourth-order valence-corrected chi connectivity index (χ4v) is 3.28. The molecule has 0 aromatic carbocycles. The molecule has 182 valence electrons. The zero-order valence-corrected chi connectivity index (χ0v) is 21.1. The van der Waals surface area contributed by atoms with Gasteiger partial charge in [0.05, 0.1) is 12.5 Å². The Balaban J connectivity index is 3.89. The molecule has 0 aliphatic heterocycles. The van der Waals surface area contributed by atoms with Crippen LogP contribution in [0.1, 0.15) is 72.1 Å². The molecule has 0 saturated heterocycles. The van der Waals surface area contributed by atoms with Crippen molar-refractivity contribution in [3.8, 4) is 0 Å². The van der Waals surface area contributed by atoms with Crippen LogP contribution in [0.4, 0.5) is 4.79 Å². The Morgan fingerprint density at radius 3 is 2.10 bits per heavy atom. The van der Waals surface area contributed by atoms with E-state index in [-0.39, 0.29) is 37.0 Å². The number of ether oxygens (including phenoxy) is 4. The van der Waals surface area contributed by atoms with Crippen LogP contribution in [0, 0.1) is 11.8 Å². The van der Waals surface area contributed by atoms with Gasteiger partial charge in [-0.3, -0.25) is 9.59 Å². The second kappa shape index (κ2) is 18.6. The maximum atomic E-state index is 12.1. The van der Waals surface area contributed by atoms with Crippen LogP contribution >= 0.6 is 23.4 Å². The average molecular weight is 483 g/mol. The van der Waals surface area contributed by atoms with Crippen LogP contribution in [-0.2, 0) is 28.5 Å². The average Bonchev–Trinajstić information content (AvgIpc) is 2.70. The maximum Gasteiger partial charge on any atom is 0.367 e. The van der Waals surface area contributed by atoms with Crippen molar-refractivity contribution in [3.63, 3.8) is 0 Å². The smallest absolute Gasteiger partial charge is 0.367 e. The normalized spacial score (nSPS) is 14.9. The summed E-state index contributed by atoms with van der Waals surface area (Å²) in [5.41, 5.74) is -0.585. The molecule has 0 heterocycles. The maximum absolute atomic E-state index is 12.1. The summed E-state index contributed by atoms with van der Waals surface area (Å²) >= 11 is 6.63. The number of halogens is 1. The minimum Gasteiger partial charge on any atom is -0.456 e. The number of hydrogen-bond acceptors (Lipinski definition) is 8. The third-order valence-corrected chi connectivity index (χ3v) is 5.27. The minimum absolute atomic E-state index is 0.00508. The molecule has 0 saturated carbocycles. The van der Waals surface area contributed by atoms with E-state index in [1.165, 1.54) is 7.11 Å². The first kappa shape index (κ1) is 30.0. The summed E-state index contributed by atoms with van der Waals surface area (Å²) in [7, 11) is 1.51. The van der Waals surface area contributed by atoms with Crippen molar-refractivity contribution in [2.24, 2.45) is 11.8 Å². The highest BCUT2D eigenvalue weighted by Gasteiger charge is 2.19. The molecule has 0 aromatic rings. The van der Waals surface area contributed by atoms with Gasteiger partial charge >= 0.3 is 17.2 Å². The van der Waals surface area contributed by atoms with E-state index >= 15 is 0 Å². The highest BCUT2D eigenvalue weighted by Crippen LogP contribution is 2.18. The van der Waals surface area contributed by atoms with Crippen LogP contribution in [0.3, 0.4) is 0 Å². The van der Waals surface area contributed by atoms with E-state index in [1.54, 1.807) is 13.2 Å². The van der Waals surface area contributed by atoms with E-state index in [4.69, 9.17) is 30.5 Å². The van der Waals surface area contributed by atoms with Crippen LogP contribution in [0.15, 0.2) is 0 Å². The Hall–Kier alpha value is -0.990. The number of unbranched alkanes of at least 4 members (excludes halogenated alkanes) is 4. The highest BCUT2D eigenvalue weighted by molar-refractivity contribution is 8.12. The lowest BCUT2D eigenvalue weighted by atomic mass is 9.98. The third kappa shape index (κ3) is 17.3. The summed E-state index contributed by atoms with van der Waals surface area (Å²) in [5.74, 6) is -0.449. The molecule has 0 aliphatic carbocycles. The summed E-state index contributed by atoms with van der Waals surface area (Å²) in [6, 6.07) is 0. The number of carbonyl (C=O) groups is 3. The molecule has 0 rings (SSSR count). The Bertz CT molecular complexity index is 516. The predicted octanol–water partition coefficient (Wildman–Crippen LogP) is 5.57. The van der Waals surface area contributed by atoms with Crippen LogP contribution < -0.4 is 0 Å². The van der Waals surface area contributed by atoms with Gasteiger partial charge in [-0.15, -0.1) is 0 Å². The van der Waals surface area contributed by atoms with E-state index < -0.39 is 17.0 Å². The van der Waals surface area contributed by atoms with Crippen molar-refractivity contribution in [1.29, 1.82) is 0 Å². The largest absolute Gasteiger partial charge is 0.456 e. The number of carbonyl (C=O) groups excluding carboxylic acids is 3. The first-order valence-electron chi connectivity index (χ1n) is 10.9. The van der Waals surface area contributed by atoms with Crippen LogP contribution in [0.2, 0.25) is 0 Å². The molecule has 0 amide bonds. The van der Waals surface area contributed by atoms with E-state index in [2.05, 4.69) is 0 Å². The van der Waals surface area contributed by atoms with E-state index in [1.807, 2.05) is 13.8 Å². The Labute approximate surface area is 196 Å². The summed E-state index contributed by atoms with van der Waals surface area (Å²) in [6.07, 6.45) is 8.40. The van der Waals surface area contributed by atoms with Gasteiger partial charge in [-0.05, 0) is 37.3 Å². The summed E-state index contributed by atoms with van der Waals surface area (Å²) in [6.45, 7) is 5.71. The summed E-state index contributed by atoms with van der Waals surface area (Å²) in [5, 5.41) is -0.412. The van der Waals surface area contributed by atoms with Crippen molar-refractivity contribution >= 4 is 40.6 Å². The van der Waals surface area contributed by atoms with Crippen molar-refractivity contribution in [2.75, 3.05) is 26.6 Å². The fourth-order valence-electron chi connectivity index (χ4n) is 3.01. The van der Waals surface area contributed by atoms with Gasteiger partial charge in [0.15, 0.2) is 11.7 Å². The summed E-state index contributed by atoms with van der Waals surface area (Å²) < 4.78 is 20.4. The second-order valence-electron chi connectivity index (χ2n) is 7.87. The van der Waals surface area contributed by atoms with Gasteiger partial charge in [0.1, 0.15) is 6.61 Å². The number of rotatable bonds is 17. The van der Waals surface area contributed by atoms with Crippen molar-refractivity contribution in [2.45, 2.75) is 83.8 Å². The van der Waals surface area contributed by atoms with Crippen molar-refractivity contribution in [1.82, 2.24) is 0 Å². The van der Waals surface area contributed by atoms with Crippen molar-refractivity contribution in [3.05, 3.63) is 0 Å². The van der Waals surface area contributed by atoms with Gasteiger partial charge < -0.3 is 18.9 Å². The lowest BCUT2D eigenvalue weighted by Gasteiger charge is -2.18. The molecular formula is C22H39ClO7S. The molecule has 31 heavy (non-hydrogen) atoms. The minimum atomic E-state index is -0.590. The zero-order valence-electron chi connectivity index (χ0n) is 19.5. The number of thioether (sulfide) groups is 1. The lowest BCUT2D eigenvalue weighted by Crippen LogP contribution is -2.29. The molecule has 7 nitrogen and oxygen atoms in total. The lowest BCUT2D eigenvalue weighted by molar-refractivity contribution is -0.155.